The van der Waals surface area contributed by atoms with Crippen LogP contribution in [0, 0.1) is 6.92 Å². The maximum absolute atomic E-state index is 9.62. The zero-order chi connectivity index (χ0) is 10.1. The van der Waals surface area contributed by atoms with E-state index in [1.807, 2.05) is 37.3 Å². The fraction of sp³-hybridized carbons (Fsp3) is 0.250. The molecule has 1 aromatic heterocycles. The van der Waals surface area contributed by atoms with Crippen LogP contribution < -0.4 is 0 Å². The first kappa shape index (κ1) is 9.16. The molecule has 1 aromatic carbocycles. The Hall–Kier alpha value is -1.41. The molecule has 0 amide bonds. The fourth-order valence-electron chi connectivity index (χ4n) is 1.69. The summed E-state index contributed by atoms with van der Waals surface area (Å²) in [5.74, 6) is 0. The van der Waals surface area contributed by atoms with Crippen LogP contribution in [0.4, 0.5) is 0 Å². The Bertz CT molecular complexity index is 463. The van der Waals surface area contributed by atoms with Crippen molar-refractivity contribution in [3.05, 3.63) is 41.6 Å². The van der Waals surface area contributed by atoms with E-state index >= 15 is 0 Å². The Morgan fingerprint density at radius 2 is 2.00 bits per heavy atom. The zero-order valence-electron chi connectivity index (χ0n) is 8.36. The normalized spacial score (nSPS) is 13.1. The number of aromatic nitrogens is 1. The summed E-state index contributed by atoms with van der Waals surface area (Å²) in [5, 5.41) is 10.7. The molecule has 0 aliphatic heterocycles. The Kier molecular flexibility index (Phi) is 2.22. The van der Waals surface area contributed by atoms with Crippen LogP contribution >= 0.6 is 0 Å². The highest BCUT2D eigenvalue weighted by Crippen LogP contribution is 2.23. The lowest BCUT2D eigenvalue weighted by Crippen LogP contribution is -1.95. The molecule has 0 saturated heterocycles. The predicted octanol–water partition coefficient (Wildman–Crippen LogP) is 2.60. The van der Waals surface area contributed by atoms with Gasteiger partial charge in [0.2, 0.25) is 0 Å². The molecular formula is C12H13NO. The number of aliphatic hydroxyl groups is 1. The molecule has 2 nitrogen and oxygen atoms in total. The summed E-state index contributed by atoms with van der Waals surface area (Å²) < 4.78 is 0. The quantitative estimate of drug-likeness (QED) is 0.744. The van der Waals surface area contributed by atoms with E-state index in [1.165, 1.54) is 0 Å². The number of benzene rings is 1. The van der Waals surface area contributed by atoms with E-state index in [0.29, 0.717) is 0 Å². The third-order valence-electron chi connectivity index (χ3n) is 2.33. The van der Waals surface area contributed by atoms with Crippen LogP contribution in [-0.4, -0.2) is 10.1 Å². The first-order chi connectivity index (χ1) is 6.68. The first-order valence-corrected chi connectivity index (χ1v) is 4.73. The molecule has 0 aliphatic rings. The first-order valence-electron chi connectivity index (χ1n) is 4.73. The Labute approximate surface area is 83.2 Å². The minimum absolute atomic E-state index is 0.443. The molecule has 0 aliphatic carbocycles. The van der Waals surface area contributed by atoms with Gasteiger partial charge in [0, 0.05) is 11.1 Å². The van der Waals surface area contributed by atoms with E-state index in [4.69, 9.17) is 0 Å². The summed E-state index contributed by atoms with van der Waals surface area (Å²) >= 11 is 0. The van der Waals surface area contributed by atoms with E-state index < -0.39 is 6.10 Å². The average molecular weight is 187 g/mol. The third kappa shape index (κ3) is 1.49. The molecule has 1 unspecified atom stereocenters. The van der Waals surface area contributed by atoms with Gasteiger partial charge in [0.25, 0.3) is 0 Å². The van der Waals surface area contributed by atoms with Gasteiger partial charge < -0.3 is 5.11 Å². The molecule has 1 heterocycles. The Morgan fingerprint density at radius 3 is 2.71 bits per heavy atom. The van der Waals surface area contributed by atoms with Crippen molar-refractivity contribution < 1.29 is 5.11 Å². The van der Waals surface area contributed by atoms with Gasteiger partial charge in [0.15, 0.2) is 0 Å². The van der Waals surface area contributed by atoms with Crippen LogP contribution in [0.5, 0.6) is 0 Å². The summed E-state index contributed by atoms with van der Waals surface area (Å²) in [7, 11) is 0. The van der Waals surface area contributed by atoms with Crippen LogP contribution in [0.1, 0.15) is 24.3 Å². The van der Waals surface area contributed by atoms with Gasteiger partial charge in [0.1, 0.15) is 0 Å². The number of hydrogen-bond donors (Lipinski definition) is 1. The van der Waals surface area contributed by atoms with Gasteiger partial charge in [-0.2, -0.15) is 0 Å². The highest BCUT2D eigenvalue weighted by atomic mass is 16.3. The number of nitrogens with zero attached hydrogens (tertiary/aromatic N) is 1. The summed E-state index contributed by atoms with van der Waals surface area (Å²) in [6.07, 6.45) is -0.443. The number of para-hydroxylation sites is 1. The van der Waals surface area contributed by atoms with Crippen LogP contribution in [0.15, 0.2) is 30.3 Å². The van der Waals surface area contributed by atoms with Gasteiger partial charge in [-0.3, -0.25) is 4.98 Å². The van der Waals surface area contributed by atoms with Crippen molar-refractivity contribution >= 4 is 10.9 Å². The van der Waals surface area contributed by atoms with Gasteiger partial charge in [-0.25, -0.2) is 0 Å². The monoisotopic (exact) mass is 187 g/mol. The maximum atomic E-state index is 9.62. The second-order valence-electron chi connectivity index (χ2n) is 3.55. The van der Waals surface area contributed by atoms with Crippen LogP contribution in [-0.2, 0) is 0 Å². The van der Waals surface area contributed by atoms with Gasteiger partial charge in [-0.1, -0.05) is 18.2 Å². The summed E-state index contributed by atoms with van der Waals surface area (Å²) in [6, 6.07) is 9.82. The van der Waals surface area contributed by atoms with E-state index in [-0.39, 0.29) is 0 Å². The number of aryl methyl sites for hydroxylation is 1. The zero-order valence-corrected chi connectivity index (χ0v) is 8.36. The standard InChI is InChI=1S/C12H13NO/c1-8-7-11(9(2)14)10-5-3-4-6-12(10)13-8/h3-7,9,14H,1-2H3. The number of fused-ring (bicyclic) bond motifs is 1. The van der Waals surface area contributed by atoms with E-state index in [9.17, 15) is 5.11 Å². The van der Waals surface area contributed by atoms with Gasteiger partial charge in [0.05, 0.1) is 11.6 Å². The molecule has 14 heavy (non-hydrogen) atoms. The van der Waals surface area contributed by atoms with Gasteiger partial charge >= 0.3 is 0 Å². The van der Waals surface area contributed by atoms with E-state index in [0.717, 1.165) is 22.2 Å². The molecule has 2 heteroatoms. The molecule has 0 fully saturated rings. The maximum Gasteiger partial charge on any atom is 0.0769 e. The topological polar surface area (TPSA) is 33.1 Å². The predicted molar refractivity (Wildman–Crippen MR) is 57.1 cm³/mol. The number of aliphatic hydroxyl groups excluding tert-OH is 1. The number of rotatable bonds is 1. The minimum atomic E-state index is -0.443. The van der Waals surface area contributed by atoms with Crippen molar-refractivity contribution in [3.63, 3.8) is 0 Å². The third-order valence-corrected chi connectivity index (χ3v) is 2.33. The lowest BCUT2D eigenvalue weighted by Gasteiger charge is -2.09. The minimum Gasteiger partial charge on any atom is -0.389 e. The van der Waals surface area contributed by atoms with E-state index in [2.05, 4.69) is 4.98 Å². The van der Waals surface area contributed by atoms with Gasteiger partial charge in [-0.15, -0.1) is 0 Å². The molecular weight excluding hydrogens is 174 g/mol. The molecule has 0 radical (unpaired) electrons. The van der Waals surface area contributed by atoms with E-state index in [1.54, 1.807) is 6.92 Å². The van der Waals surface area contributed by atoms with Crippen molar-refractivity contribution in [3.8, 4) is 0 Å². The highest BCUT2D eigenvalue weighted by molar-refractivity contribution is 5.82. The van der Waals surface area contributed by atoms with Crippen molar-refractivity contribution in [2.75, 3.05) is 0 Å². The van der Waals surface area contributed by atoms with Crippen molar-refractivity contribution in [1.29, 1.82) is 0 Å². The fourth-order valence-corrected chi connectivity index (χ4v) is 1.69. The molecule has 1 N–H and O–H groups in total. The molecule has 2 rings (SSSR count). The van der Waals surface area contributed by atoms with Crippen LogP contribution in [0.2, 0.25) is 0 Å². The summed E-state index contributed by atoms with van der Waals surface area (Å²) in [6.45, 7) is 3.72. The van der Waals surface area contributed by atoms with Crippen LogP contribution in [0.25, 0.3) is 10.9 Å². The molecule has 72 valence electrons. The number of pyridine rings is 1. The highest BCUT2D eigenvalue weighted by Gasteiger charge is 2.07. The van der Waals surface area contributed by atoms with Crippen LogP contribution in [0.3, 0.4) is 0 Å². The largest absolute Gasteiger partial charge is 0.389 e. The lowest BCUT2D eigenvalue weighted by atomic mass is 10.0. The number of hydrogen-bond acceptors (Lipinski definition) is 2. The smallest absolute Gasteiger partial charge is 0.0769 e. The molecule has 0 bridgehead atoms. The SMILES string of the molecule is Cc1cc(C(C)O)c2ccccc2n1. The van der Waals surface area contributed by atoms with Gasteiger partial charge in [-0.05, 0) is 31.5 Å². The van der Waals surface area contributed by atoms with Crippen molar-refractivity contribution in [2.24, 2.45) is 0 Å². The molecule has 0 saturated carbocycles. The molecule has 0 spiro atoms. The Morgan fingerprint density at radius 1 is 1.29 bits per heavy atom. The molecule has 1 atom stereocenters. The summed E-state index contributed by atoms with van der Waals surface area (Å²) in [4.78, 5) is 4.41. The summed E-state index contributed by atoms with van der Waals surface area (Å²) in [5.41, 5.74) is 2.84. The molecule has 2 aromatic rings. The lowest BCUT2D eigenvalue weighted by molar-refractivity contribution is 0.200. The van der Waals surface area contributed by atoms with Crippen molar-refractivity contribution in [2.45, 2.75) is 20.0 Å². The average Bonchev–Trinajstić information content (AvgIpc) is 2.16. The van der Waals surface area contributed by atoms with Crippen molar-refractivity contribution in [1.82, 2.24) is 4.98 Å². The second-order valence-corrected chi connectivity index (χ2v) is 3.55. The second kappa shape index (κ2) is 3.39. The Balaban J connectivity index is 2.80.